The summed E-state index contributed by atoms with van der Waals surface area (Å²) in [6, 6.07) is 2.15. The summed E-state index contributed by atoms with van der Waals surface area (Å²) in [4.78, 5) is 0. The summed E-state index contributed by atoms with van der Waals surface area (Å²) in [6.07, 6.45) is 8.64. The first-order chi connectivity index (χ1) is 6.20. The zero-order valence-corrected chi connectivity index (χ0v) is 8.39. The molecule has 1 radical (unpaired) electrons. The van der Waals surface area contributed by atoms with E-state index in [0.717, 1.165) is 6.42 Å². The molecule has 0 amide bonds. The van der Waals surface area contributed by atoms with Crippen LogP contribution in [0.3, 0.4) is 0 Å². The fraction of sp³-hybridized carbons (Fsp3) is 0.333. The highest BCUT2D eigenvalue weighted by molar-refractivity contribution is 5.80. The van der Waals surface area contributed by atoms with Crippen LogP contribution in [0.1, 0.15) is 24.6 Å². The summed E-state index contributed by atoms with van der Waals surface area (Å²) in [5.74, 6) is 0. The van der Waals surface area contributed by atoms with Crippen LogP contribution in [-0.2, 0) is 7.05 Å². The lowest BCUT2D eigenvalue weighted by Gasteiger charge is -2.07. The molecule has 0 saturated carbocycles. The average Bonchev–Trinajstić information content (AvgIpc) is 2.60. The van der Waals surface area contributed by atoms with Gasteiger partial charge in [-0.1, -0.05) is 6.08 Å². The number of allylic oxidation sites excluding steroid dienone is 4. The van der Waals surface area contributed by atoms with Gasteiger partial charge in [-0.25, -0.2) is 0 Å². The molecule has 0 N–H and O–H groups in total. The van der Waals surface area contributed by atoms with Crippen molar-refractivity contribution in [3.8, 4) is 0 Å². The standard InChI is InChI=1S/C12H14N/c1-9-5-4-6-11(9)12-10(2)7-8-13(12)3/h6-8H,4H2,1-3H3. The Hall–Kier alpha value is -1.24. The van der Waals surface area contributed by atoms with E-state index in [9.17, 15) is 0 Å². The van der Waals surface area contributed by atoms with Crippen LogP contribution in [-0.4, -0.2) is 4.57 Å². The van der Waals surface area contributed by atoms with E-state index in [-0.39, 0.29) is 0 Å². The van der Waals surface area contributed by atoms with Crippen molar-refractivity contribution in [2.75, 3.05) is 0 Å². The molecule has 1 aliphatic rings. The van der Waals surface area contributed by atoms with Crippen LogP contribution in [0.25, 0.3) is 5.57 Å². The van der Waals surface area contributed by atoms with Crippen LogP contribution in [0, 0.1) is 13.0 Å². The number of hydrogen-bond acceptors (Lipinski definition) is 0. The first-order valence-corrected chi connectivity index (χ1v) is 4.60. The molecule has 0 saturated heterocycles. The van der Waals surface area contributed by atoms with Crippen molar-refractivity contribution >= 4 is 5.57 Å². The zero-order valence-electron chi connectivity index (χ0n) is 8.39. The molecule has 1 aromatic heterocycles. The first-order valence-electron chi connectivity index (χ1n) is 4.60. The Morgan fingerprint density at radius 1 is 1.38 bits per heavy atom. The second-order valence-corrected chi connectivity index (χ2v) is 3.58. The molecule has 2 rings (SSSR count). The molecule has 1 aromatic rings. The molecular formula is C12H14N. The normalized spacial score (nSPS) is 15.9. The Morgan fingerprint density at radius 2 is 2.15 bits per heavy atom. The third-order valence-corrected chi connectivity index (χ3v) is 2.61. The van der Waals surface area contributed by atoms with Gasteiger partial charge >= 0.3 is 0 Å². The van der Waals surface area contributed by atoms with Crippen molar-refractivity contribution in [3.63, 3.8) is 0 Å². The number of rotatable bonds is 1. The predicted molar refractivity (Wildman–Crippen MR) is 55.2 cm³/mol. The van der Waals surface area contributed by atoms with Crippen LogP contribution in [0.5, 0.6) is 0 Å². The highest BCUT2D eigenvalue weighted by atomic mass is 14.9. The third kappa shape index (κ3) is 1.24. The van der Waals surface area contributed by atoms with Gasteiger partial charge in [-0.3, -0.25) is 0 Å². The van der Waals surface area contributed by atoms with E-state index >= 15 is 0 Å². The number of nitrogens with zero attached hydrogens (tertiary/aromatic N) is 1. The van der Waals surface area contributed by atoms with Crippen LogP contribution < -0.4 is 0 Å². The van der Waals surface area contributed by atoms with Crippen LogP contribution in [0.2, 0.25) is 0 Å². The summed E-state index contributed by atoms with van der Waals surface area (Å²) < 4.78 is 2.18. The molecule has 67 valence electrons. The van der Waals surface area contributed by atoms with Gasteiger partial charge in [0.25, 0.3) is 0 Å². The minimum atomic E-state index is 0.964. The molecule has 0 aromatic carbocycles. The van der Waals surface area contributed by atoms with Crippen molar-refractivity contribution in [1.29, 1.82) is 0 Å². The highest BCUT2D eigenvalue weighted by Gasteiger charge is 2.13. The first kappa shape index (κ1) is 8.36. The van der Waals surface area contributed by atoms with E-state index in [1.807, 2.05) is 0 Å². The van der Waals surface area contributed by atoms with Crippen LogP contribution in [0.4, 0.5) is 0 Å². The van der Waals surface area contributed by atoms with E-state index < -0.39 is 0 Å². The molecule has 13 heavy (non-hydrogen) atoms. The second kappa shape index (κ2) is 2.91. The number of aryl methyl sites for hydroxylation is 2. The van der Waals surface area contributed by atoms with E-state index in [0.29, 0.717) is 0 Å². The van der Waals surface area contributed by atoms with E-state index in [4.69, 9.17) is 0 Å². The molecule has 1 heteroatoms. The molecule has 1 aliphatic carbocycles. The summed E-state index contributed by atoms with van der Waals surface area (Å²) in [6.45, 7) is 4.28. The average molecular weight is 172 g/mol. The summed E-state index contributed by atoms with van der Waals surface area (Å²) in [7, 11) is 2.09. The fourth-order valence-electron chi connectivity index (χ4n) is 1.89. The highest BCUT2D eigenvalue weighted by Crippen LogP contribution is 2.30. The largest absolute Gasteiger partial charge is 0.350 e. The van der Waals surface area contributed by atoms with E-state index in [2.05, 4.69) is 49.9 Å². The molecular weight excluding hydrogens is 158 g/mol. The molecule has 0 atom stereocenters. The summed E-state index contributed by atoms with van der Waals surface area (Å²) in [5, 5.41) is 0. The monoisotopic (exact) mass is 172 g/mol. The Bertz CT molecular complexity index is 372. The molecule has 1 nitrogen and oxygen atoms in total. The quantitative estimate of drug-likeness (QED) is 0.614. The molecule has 0 bridgehead atoms. The van der Waals surface area contributed by atoms with Gasteiger partial charge in [0.2, 0.25) is 0 Å². The van der Waals surface area contributed by atoms with Crippen molar-refractivity contribution in [1.82, 2.24) is 4.57 Å². The van der Waals surface area contributed by atoms with Gasteiger partial charge in [0.1, 0.15) is 0 Å². The van der Waals surface area contributed by atoms with Gasteiger partial charge in [-0.05, 0) is 49.1 Å². The van der Waals surface area contributed by atoms with Gasteiger partial charge in [0, 0.05) is 13.2 Å². The maximum absolute atomic E-state index is 3.32. The van der Waals surface area contributed by atoms with E-state index in [1.165, 1.54) is 22.4 Å². The Morgan fingerprint density at radius 3 is 2.62 bits per heavy atom. The van der Waals surface area contributed by atoms with Crippen LogP contribution >= 0.6 is 0 Å². The Balaban J connectivity index is 2.52. The number of hydrogen-bond donors (Lipinski definition) is 0. The summed E-state index contributed by atoms with van der Waals surface area (Å²) in [5.41, 5.74) is 5.31. The fourth-order valence-corrected chi connectivity index (χ4v) is 1.89. The zero-order chi connectivity index (χ0) is 9.42. The third-order valence-electron chi connectivity index (χ3n) is 2.61. The SMILES string of the molecule is CC1=[C]CC=C1c1c(C)ccn1C. The van der Waals surface area contributed by atoms with Gasteiger partial charge < -0.3 is 4.57 Å². The maximum atomic E-state index is 3.32. The lowest BCUT2D eigenvalue weighted by Crippen LogP contribution is -1.95. The van der Waals surface area contributed by atoms with Gasteiger partial charge in [0.15, 0.2) is 0 Å². The second-order valence-electron chi connectivity index (χ2n) is 3.58. The lowest BCUT2D eigenvalue weighted by atomic mass is 10.1. The maximum Gasteiger partial charge on any atom is 0.0507 e. The van der Waals surface area contributed by atoms with Crippen molar-refractivity contribution in [2.24, 2.45) is 7.05 Å². The van der Waals surface area contributed by atoms with Crippen molar-refractivity contribution in [3.05, 3.63) is 41.2 Å². The van der Waals surface area contributed by atoms with Gasteiger partial charge in [0.05, 0.1) is 5.69 Å². The molecule has 0 aliphatic heterocycles. The van der Waals surface area contributed by atoms with Crippen molar-refractivity contribution < 1.29 is 0 Å². The smallest absolute Gasteiger partial charge is 0.0507 e. The Kier molecular flexibility index (Phi) is 1.87. The minimum absolute atomic E-state index is 0.964. The van der Waals surface area contributed by atoms with Crippen molar-refractivity contribution in [2.45, 2.75) is 20.3 Å². The lowest BCUT2D eigenvalue weighted by molar-refractivity contribution is 0.905. The summed E-state index contributed by atoms with van der Waals surface area (Å²) >= 11 is 0. The molecule has 0 unspecified atom stereocenters. The topological polar surface area (TPSA) is 4.93 Å². The van der Waals surface area contributed by atoms with Crippen LogP contribution in [0.15, 0.2) is 23.9 Å². The molecule has 1 heterocycles. The number of aromatic nitrogens is 1. The Labute approximate surface area is 79.4 Å². The molecule has 0 fully saturated rings. The predicted octanol–water partition coefficient (Wildman–Crippen LogP) is 2.87. The van der Waals surface area contributed by atoms with E-state index in [1.54, 1.807) is 0 Å². The van der Waals surface area contributed by atoms with Gasteiger partial charge in [-0.15, -0.1) is 0 Å². The molecule has 0 spiro atoms. The van der Waals surface area contributed by atoms with Gasteiger partial charge in [-0.2, -0.15) is 0 Å². The minimum Gasteiger partial charge on any atom is -0.350 e.